The smallest absolute Gasteiger partial charge is 0.272 e. The first kappa shape index (κ1) is 20.1. The van der Waals surface area contributed by atoms with E-state index in [-0.39, 0.29) is 5.91 Å². The second kappa shape index (κ2) is 8.72. The second-order valence-electron chi connectivity index (χ2n) is 7.82. The highest BCUT2D eigenvalue weighted by Crippen LogP contribution is 2.27. The molecule has 7 nitrogen and oxygen atoms in total. The van der Waals surface area contributed by atoms with E-state index in [1.807, 2.05) is 78.5 Å². The molecule has 0 unspecified atom stereocenters. The Morgan fingerprint density at radius 1 is 1.09 bits per heavy atom. The Labute approximate surface area is 186 Å². The van der Waals surface area contributed by atoms with Crippen LogP contribution >= 0.6 is 0 Å². The summed E-state index contributed by atoms with van der Waals surface area (Å²) in [6.45, 7) is 3.14. The Morgan fingerprint density at radius 3 is 2.75 bits per heavy atom. The lowest BCUT2D eigenvalue weighted by Gasteiger charge is -2.29. The lowest BCUT2D eigenvalue weighted by molar-refractivity contribution is 0.101. The minimum Gasteiger partial charge on any atom is -0.378 e. The van der Waals surface area contributed by atoms with Gasteiger partial charge in [0.25, 0.3) is 5.91 Å². The van der Waals surface area contributed by atoms with Crippen molar-refractivity contribution in [3.8, 4) is 0 Å². The average molecular weight is 428 g/mol. The number of H-pyrrole nitrogens is 1. The van der Waals surface area contributed by atoms with Crippen LogP contribution < -0.4 is 10.2 Å². The Hall–Kier alpha value is -3.84. The minimum absolute atomic E-state index is 0.142. The van der Waals surface area contributed by atoms with Gasteiger partial charge in [-0.25, -0.2) is 0 Å². The summed E-state index contributed by atoms with van der Waals surface area (Å²) in [5, 5.41) is 11.6. The molecule has 1 aliphatic heterocycles. The third kappa shape index (κ3) is 4.02. The van der Waals surface area contributed by atoms with Crippen LogP contribution in [-0.2, 0) is 11.8 Å². The van der Waals surface area contributed by atoms with Gasteiger partial charge in [0.1, 0.15) is 5.69 Å². The van der Waals surface area contributed by atoms with Gasteiger partial charge in [-0.1, -0.05) is 24.3 Å². The molecule has 162 valence electrons. The van der Waals surface area contributed by atoms with Crippen LogP contribution in [0.15, 0.2) is 60.8 Å². The van der Waals surface area contributed by atoms with Crippen molar-refractivity contribution in [1.82, 2.24) is 14.8 Å². The Kier molecular flexibility index (Phi) is 5.47. The van der Waals surface area contributed by atoms with Crippen LogP contribution in [0.2, 0.25) is 0 Å². The van der Waals surface area contributed by atoms with Gasteiger partial charge in [-0.05, 0) is 42.5 Å². The van der Waals surface area contributed by atoms with Gasteiger partial charge in [0.2, 0.25) is 0 Å². The molecule has 0 atom stereocenters. The van der Waals surface area contributed by atoms with Crippen LogP contribution in [0.1, 0.15) is 21.7 Å². The highest BCUT2D eigenvalue weighted by molar-refractivity contribution is 6.04. The molecule has 3 heterocycles. The van der Waals surface area contributed by atoms with Crippen LogP contribution in [0.4, 0.5) is 11.4 Å². The lowest BCUT2D eigenvalue weighted by atomic mass is 10.1. The SMILES string of the molecule is Cn1cccc1C(=O)Nc1ccc(N2CCOCC2)cc1/C=C/c1n[nH]c2ccccc12. The molecule has 0 bridgehead atoms. The summed E-state index contributed by atoms with van der Waals surface area (Å²) < 4.78 is 7.30. The van der Waals surface area contributed by atoms with E-state index in [2.05, 4.69) is 26.5 Å². The number of hydrogen-bond donors (Lipinski definition) is 2. The Balaban J connectivity index is 1.49. The largest absolute Gasteiger partial charge is 0.378 e. The molecule has 2 aromatic heterocycles. The van der Waals surface area contributed by atoms with Crippen LogP contribution in [0.5, 0.6) is 0 Å². The highest BCUT2D eigenvalue weighted by Gasteiger charge is 2.15. The standard InChI is InChI=1S/C25H25N5O2/c1-29-12-4-7-24(29)25(31)26-21-11-9-19(30-13-15-32-16-14-30)17-18(21)8-10-23-20-5-2-3-6-22(20)27-28-23/h2-12,17H,13-16H2,1H3,(H,26,31)(H,27,28)/b10-8+. The molecule has 32 heavy (non-hydrogen) atoms. The summed E-state index contributed by atoms with van der Waals surface area (Å²) in [5.41, 5.74) is 5.24. The van der Waals surface area contributed by atoms with Crippen LogP contribution in [0.3, 0.4) is 0 Å². The molecule has 7 heteroatoms. The number of aromatic amines is 1. The molecular weight excluding hydrogens is 402 g/mol. The summed E-state index contributed by atoms with van der Waals surface area (Å²) in [6.07, 6.45) is 5.85. The number of benzene rings is 2. The van der Waals surface area contributed by atoms with Crippen LogP contribution in [0.25, 0.3) is 23.1 Å². The van der Waals surface area contributed by atoms with Crippen LogP contribution in [-0.4, -0.2) is 47.0 Å². The van der Waals surface area contributed by atoms with E-state index in [1.165, 1.54) is 0 Å². The van der Waals surface area contributed by atoms with Gasteiger partial charge in [0.05, 0.1) is 24.4 Å². The van der Waals surface area contributed by atoms with E-state index in [1.54, 1.807) is 0 Å². The number of ether oxygens (including phenoxy) is 1. The van der Waals surface area contributed by atoms with Gasteiger partial charge < -0.3 is 19.5 Å². The highest BCUT2D eigenvalue weighted by atomic mass is 16.5. The number of carbonyl (C=O) groups is 1. The van der Waals surface area contributed by atoms with E-state index in [4.69, 9.17) is 4.74 Å². The van der Waals surface area contributed by atoms with Gasteiger partial charge in [-0.2, -0.15) is 5.10 Å². The first-order valence-corrected chi connectivity index (χ1v) is 10.7. The number of amides is 1. The normalized spacial score (nSPS) is 14.3. The van der Waals surface area contributed by atoms with E-state index >= 15 is 0 Å². The average Bonchev–Trinajstić information content (AvgIpc) is 3.45. The monoisotopic (exact) mass is 427 g/mol. The van der Waals surface area contributed by atoms with Crippen molar-refractivity contribution in [2.45, 2.75) is 0 Å². The molecule has 1 fully saturated rings. The first-order chi connectivity index (χ1) is 15.7. The van der Waals surface area contributed by atoms with Gasteiger partial charge >= 0.3 is 0 Å². The number of nitrogens with zero attached hydrogens (tertiary/aromatic N) is 3. The van der Waals surface area contributed by atoms with E-state index in [0.29, 0.717) is 5.69 Å². The fourth-order valence-electron chi connectivity index (χ4n) is 3.98. The molecule has 0 radical (unpaired) electrons. The number of carbonyl (C=O) groups excluding carboxylic acids is 1. The lowest BCUT2D eigenvalue weighted by Crippen LogP contribution is -2.36. The number of rotatable bonds is 5. The molecule has 1 amide bonds. The molecule has 5 rings (SSSR count). The summed E-state index contributed by atoms with van der Waals surface area (Å²) >= 11 is 0. The maximum atomic E-state index is 12.8. The zero-order valence-electron chi connectivity index (χ0n) is 17.9. The van der Waals surface area contributed by atoms with Crippen molar-refractivity contribution in [3.63, 3.8) is 0 Å². The first-order valence-electron chi connectivity index (χ1n) is 10.7. The molecule has 1 aliphatic rings. The van der Waals surface area contributed by atoms with Crippen molar-refractivity contribution in [1.29, 1.82) is 0 Å². The zero-order chi connectivity index (χ0) is 21.9. The topological polar surface area (TPSA) is 75.2 Å². The third-order valence-corrected chi connectivity index (χ3v) is 5.76. The summed E-state index contributed by atoms with van der Waals surface area (Å²) in [5.74, 6) is -0.142. The summed E-state index contributed by atoms with van der Waals surface area (Å²) in [7, 11) is 1.86. The van der Waals surface area contributed by atoms with Crippen molar-refractivity contribution >= 4 is 40.3 Å². The zero-order valence-corrected chi connectivity index (χ0v) is 17.9. The molecular formula is C25H25N5O2. The van der Waals surface area contributed by atoms with Gasteiger partial charge in [-0.3, -0.25) is 9.89 Å². The number of morpholine rings is 1. The maximum Gasteiger partial charge on any atom is 0.272 e. The Bertz CT molecular complexity index is 1280. The predicted octanol–water partition coefficient (Wildman–Crippen LogP) is 4.16. The number of anilines is 2. The van der Waals surface area contributed by atoms with Crippen molar-refractivity contribution in [2.75, 3.05) is 36.5 Å². The quantitative estimate of drug-likeness (QED) is 0.502. The molecule has 0 aliphatic carbocycles. The predicted molar refractivity (Wildman–Crippen MR) is 128 cm³/mol. The van der Waals surface area contributed by atoms with Crippen molar-refractivity contribution < 1.29 is 9.53 Å². The molecule has 2 N–H and O–H groups in total. The van der Waals surface area contributed by atoms with Gasteiger partial charge in [-0.15, -0.1) is 0 Å². The van der Waals surface area contributed by atoms with E-state index < -0.39 is 0 Å². The fraction of sp³-hybridized carbons (Fsp3) is 0.200. The van der Waals surface area contributed by atoms with Crippen molar-refractivity contribution in [3.05, 3.63) is 77.7 Å². The summed E-state index contributed by atoms with van der Waals surface area (Å²) in [4.78, 5) is 15.1. The fourth-order valence-corrected chi connectivity index (χ4v) is 3.98. The number of aromatic nitrogens is 3. The summed E-state index contributed by atoms with van der Waals surface area (Å²) in [6, 6.07) is 17.8. The van der Waals surface area contributed by atoms with E-state index in [0.717, 1.165) is 59.8 Å². The molecule has 0 spiro atoms. The Morgan fingerprint density at radius 2 is 1.94 bits per heavy atom. The molecule has 1 saturated heterocycles. The van der Waals surface area contributed by atoms with Gasteiger partial charge in [0.15, 0.2) is 0 Å². The number of para-hydroxylation sites is 1. The van der Waals surface area contributed by atoms with E-state index in [9.17, 15) is 4.79 Å². The third-order valence-electron chi connectivity index (χ3n) is 5.76. The van der Waals surface area contributed by atoms with Crippen LogP contribution in [0, 0.1) is 0 Å². The molecule has 0 saturated carbocycles. The minimum atomic E-state index is -0.142. The number of hydrogen-bond acceptors (Lipinski definition) is 4. The molecule has 4 aromatic rings. The maximum absolute atomic E-state index is 12.8. The van der Waals surface area contributed by atoms with Crippen molar-refractivity contribution in [2.24, 2.45) is 7.05 Å². The molecule has 2 aromatic carbocycles. The number of fused-ring (bicyclic) bond motifs is 1. The second-order valence-corrected chi connectivity index (χ2v) is 7.82. The number of nitrogens with one attached hydrogen (secondary N) is 2. The van der Waals surface area contributed by atoms with Gasteiger partial charge in [0, 0.05) is 48.7 Å². The number of aryl methyl sites for hydroxylation is 1.